The second kappa shape index (κ2) is 6.70. The molecule has 16 heavy (non-hydrogen) atoms. The van der Waals surface area contributed by atoms with Gasteiger partial charge in [-0.15, -0.1) is 0 Å². The van der Waals surface area contributed by atoms with Crippen LogP contribution in [-0.2, 0) is 10.0 Å². The number of alkyl halides is 3. The molecule has 0 aromatic heterocycles. The van der Waals surface area contributed by atoms with Crippen LogP contribution < -0.4 is 4.72 Å². The molecule has 1 N–H and O–H groups in total. The van der Waals surface area contributed by atoms with E-state index < -0.39 is 34.8 Å². The standard InChI is InChI=1S/C8H13F3N2O2S/c9-8(10,11)4-3-7-16(14,15)13-6-2-1-5-12/h13H,1-4,6-7H2. The summed E-state index contributed by atoms with van der Waals surface area (Å²) < 4.78 is 59.6. The summed E-state index contributed by atoms with van der Waals surface area (Å²) in [6, 6.07) is 1.83. The lowest BCUT2D eigenvalue weighted by molar-refractivity contribution is -0.134. The van der Waals surface area contributed by atoms with Crippen LogP contribution in [0.3, 0.4) is 0 Å². The Balaban J connectivity index is 3.76. The summed E-state index contributed by atoms with van der Waals surface area (Å²) >= 11 is 0. The van der Waals surface area contributed by atoms with Gasteiger partial charge in [0.25, 0.3) is 0 Å². The Bertz CT molecular complexity index is 332. The van der Waals surface area contributed by atoms with Gasteiger partial charge in [-0.25, -0.2) is 13.1 Å². The number of sulfonamides is 1. The zero-order chi connectivity index (χ0) is 12.7. The summed E-state index contributed by atoms with van der Waals surface area (Å²) in [5.74, 6) is -0.543. The Hall–Kier alpha value is -0.810. The molecule has 0 bridgehead atoms. The molecule has 0 amide bonds. The van der Waals surface area contributed by atoms with Crippen molar-refractivity contribution in [2.75, 3.05) is 12.3 Å². The second-order valence-electron chi connectivity index (χ2n) is 3.19. The molecule has 0 rings (SSSR count). The fourth-order valence-electron chi connectivity index (χ4n) is 0.930. The average molecular weight is 258 g/mol. The van der Waals surface area contributed by atoms with Crippen LogP contribution in [0.1, 0.15) is 25.7 Å². The third-order valence-electron chi connectivity index (χ3n) is 1.66. The van der Waals surface area contributed by atoms with Crippen LogP contribution in [0, 0.1) is 11.3 Å². The van der Waals surface area contributed by atoms with Gasteiger partial charge >= 0.3 is 6.18 Å². The van der Waals surface area contributed by atoms with Crippen LogP contribution in [0.2, 0.25) is 0 Å². The first-order valence-electron chi connectivity index (χ1n) is 4.68. The van der Waals surface area contributed by atoms with Crippen molar-refractivity contribution in [3.8, 4) is 6.07 Å². The molecule has 0 aliphatic heterocycles. The van der Waals surface area contributed by atoms with Crippen LogP contribution in [0.5, 0.6) is 0 Å². The minimum atomic E-state index is -4.32. The van der Waals surface area contributed by atoms with Gasteiger partial charge in [-0.05, 0) is 12.8 Å². The zero-order valence-electron chi connectivity index (χ0n) is 8.55. The molecule has 8 heteroatoms. The van der Waals surface area contributed by atoms with Crippen molar-refractivity contribution < 1.29 is 21.6 Å². The van der Waals surface area contributed by atoms with Gasteiger partial charge in [0.15, 0.2) is 0 Å². The summed E-state index contributed by atoms with van der Waals surface area (Å²) in [4.78, 5) is 0. The van der Waals surface area contributed by atoms with Gasteiger partial charge in [-0.1, -0.05) is 0 Å². The average Bonchev–Trinajstić information content (AvgIpc) is 2.10. The summed E-state index contributed by atoms with van der Waals surface area (Å²) in [6.45, 7) is 0.0852. The van der Waals surface area contributed by atoms with Gasteiger partial charge in [0.1, 0.15) is 0 Å². The highest BCUT2D eigenvalue weighted by Gasteiger charge is 2.27. The summed E-state index contributed by atoms with van der Waals surface area (Å²) in [6.07, 6.45) is -5.31. The highest BCUT2D eigenvalue weighted by Crippen LogP contribution is 2.21. The number of nitrogens with one attached hydrogen (secondary N) is 1. The molecule has 0 atom stereocenters. The van der Waals surface area contributed by atoms with E-state index in [9.17, 15) is 21.6 Å². The van der Waals surface area contributed by atoms with E-state index in [1.54, 1.807) is 0 Å². The Labute approximate surface area is 92.5 Å². The van der Waals surface area contributed by atoms with E-state index in [1.165, 1.54) is 0 Å². The number of unbranched alkanes of at least 4 members (excludes halogenated alkanes) is 1. The van der Waals surface area contributed by atoms with Gasteiger partial charge in [0.2, 0.25) is 10.0 Å². The molecule has 94 valence electrons. The maximum Gasteiger partial charge on any atom is 0.389 e. The lowest BCUT2D eigenvalue weighted by Gasteiger charge is -2.07. The number of hydrogen-bond acceptors (Lipinski definition) is 3. The largest absolute Gasteiger partial charge is 0.389 e. The number of halogens is 3. The van der Waals surface area contributed by atoms with Crippen molar-refractivity contribution in [2.24, 2.45) is 0 Å². The van der Waals surface area contributed by atoms with Crippen molar-refractivity contribution in [1.82, 2.24) is 4.72 Å². The number of rotatable bonds is 7. The summed E-state index contributed by atoms with van der Waals surface area (Å²) in [5.41, 5.74) is 0. The minimum absolute atomic E-state index is 0.0852. The molecule has 0 saturated heterocycles. The third kappa shape index (κ3) is 9.73. The van der Waals surface area contributed by atoms with E-state index in [-0.39, 0.29) is 13.0 Å². The summed E-state index contributed by atoms with van der Waals surface area (Å²) in [5, 5.41) is 8.17. The van der Waals surface area contributed by atoms with Gasteiger partial charge in [0.05, 0.1) is 11.8 Å². The summed E-state index contributed by atoms with van der Waals surface area (Å²) in [7, 11) is -3.64. The van der Waals surface area contributed by atoms with Crippen LogP contribution >= 0.6 is 0 Å². The predicted molar refractivity (Wildman–Crippen MR) is 51.9 cm³/mol. The Morgan fingerprint density at radius 3 is 2.38 bits per heavy atom. The van der Waals surface area contributed by atoms with Crippen LogP contribution in [-0.4, -0.2) is 26.9 Å². The molecular formula is C8H13F3N2O2S. The first kappa shape index (κ1) is 15.2. The smallest absolute Gasteiger partial charge is 0.215 e. The molecule has 0 radical (unpaired) electrons. The molecule has 0 heterocycles. The molecule has 0 aromatic carbocycles. The van der Waals surface area contributed by atoms with E-state index in [0.717, 1.165) is 0 Å². The molecule has 4 nitrogen and oxygen atoms in total. The van der Waals surface area contributed by atoms with Gasteiger partial charge in [0, 0.05) is 19.4 Å². The quantitative estimate of drug-likeness (QED) is 0.704. The first-order chi connectivity index (χ1) is 7.27. The zero-order valence-corrected chi connectivity index (χ0v) is 9.36. The van der Waals surface area contributed by atoms with E-state index in [2.05, 4.69) is 4.72 Å². The highest BCUT2D eigenvalue weighted by molar-refractivity contribution is 7.89. The molecule has 0 spiro atoms. The minimum Gasteiger partial charge on any atom is -0.215 e. The maximum atomic E-state index is 11.7. The third-order valence-corrected chi connectivity index (χ3v) is 3.13. The lowest BCUT2D eigenvalue weighted by Crippen LogP contribution is -2.28. The Morgan fingerprint density at radius 2 is 1.88 bits per heavy atom. The van der Waals surface area contributed by atoms with Gasteiger partial charge in [-0.3, -0.25) is 0 Å². The van der Waals surface area contributed by atoms with Crippen molar-refractivity contribution in [3.05, 3.63) is 0 Å². The second-order valence-corrected chi connectivity index (χ2v) is 5.12. The highest BCUT2D eigenvalue weighted by atomic mass is 32.2. The van der Waals surface area contributed by atoms with E-state index in [4.69, 9.17) is 5.26 Å². The normalized spacial score (nSPS) is 12.4. The van der Waals surface area contributed by atoms with Crippen LogP contribution in [0.15, 0.2) is 0 Å². The van der Waals surface area contributed by atoms with Crippen LogP contribution in [0.4, 0.5) is 13.2 Å². The van der Waals surface area contributed by atoms with Crippen molar-refractivity contribution in [3.63, 3.8) is 0 Å². The molecular weight excluding hydrogens is 245 g/mol. The van der Waals surface area contributed by atoms with E-state index >= 15 is 0 Å². The maximum absolute atomic E-state index is 11.7. The van der Waals surface area contributed by atoms with Crippen LogP contribution in [0.25, 0.3) is 0 Å². The van der Waals surface area contributed by atoms with Gasteiger partial charge in [-0.2, -0.15) is 18.4 Å². The van der Waals surface area contributed by atoms with Gasteiger partial charge < -0.3 is 0 Å². The fourth-order valence-corrected chi connectivity index (χ4v) is 2.05. The Kier molecular flexibility index (Phi) is 6.36. The van der Waals surface area contributed by atoms with Crippen molar-refractivity contribution >= 4 is 10.0 Å². The molecule has 0 fully saturated rings. The number of nitriles is 1. The molecule has 0 aliphatic rings. The molecule has 0 aliphatic carbocycles. The predicted octanol–water partition coefficient (Wildman–Crippen LogP) is 1.55. The number of nitrogens with zero attached hydrogens (tertiary/aromatic N) is 1. The first-order valence-corrected chi connectivity index (χ1v) is 6.33. The number of hydrogen-bond donors (Lipinski definition) is 1. The molecule has 0 aromatic rings. The molecule has 0 saturated carbocycles. The lowest BCUT2D eigenvalue weighted by atomic mass is 10.3. The van der Waals surface area contributed by atoms with E-state index in [0.29, 0.717) is 6.42 Å². The SMILES string of the molecule is N#CCCCNS(=O)(=O)CCCC(F)(F)F. The monoisotopic (exact) mass is 258 g/mol. The fraction of sp³-hybridized carbons (Fsp3) is 0.875. The molecule has 0 unspecified atom stereocenters. The Morgan fingerprint density at radius 1 is 1.25 bits per heavy atom. The topological polar surface area (TPSA) is 70.0 Å². The van der Waals surface area contributed by atoms with Crippen molar-refractivity contribution in [1.29, 1.82) is 5.26 Å². The van der Waals surface area contributed by atoms with Crippen molar-refractivity contribution in [2.45, 2.75) is 31.9 Å². The van der Waals surface area contributed by atoms with E-state index in [1.807, 2.05) is 6.07 Å².